The first-order chi connectivity index (χ1) is 10.1. The molecule has 0 bridgehead atoms. The molecule has 0 nitrogen and oxygen atoms in total. The maximum atomic E-state index is 2.58. The molecule has 0 fully saturated rings. The lowest BCUT2D eigenvalue weighted by Crippen LogP contribution is -2.26. The average Bonchev–Trinajstić information content (AvgIpc) is 2.49. The molecule has 0 aliphatic carbocycles. The SMILES string of the molecule is CCCCCC(CCC)C(C)C(CCC)C(C)CCCC. The monoisotopic (exact) mass is 296 g/mol. The van der Waals surface area contributed by atoms with Gasteiger partial charge in [-0.2, -0.15) is 0 Å². The van der Waals surface area contributed by atoms with Gasteiger partial charge in [0.25, 0.3) is 0 Å². The van der Waals surface area contributed by atoms with Crippen LogP contribution >= 0.6 is 0 Å². The molecule has 0 aromatic carbocycles. The Hall–Kier alpha value is 0. The third-order valence-electron chi connectivity index (χ3n) is 5.62. The van der Waals surface area contributed by atoms with Gasteiger partial charge in [0.1, 0.15) is 0 Å². The molecule has 0 aliphatic heterocycles. The van der Waals surface area contributed by atoms with Gasteiger partial charge in [0.2, 0.25) is 0 Å². The minimum absolute atomic E-state index is 0.922. The standard InChI is InChI=1S/C21H44/c1-7-11-13-17-20(14-9-3)19(6)21(15-10-4)18(5)16-12-8-2/h18-21H,7-17H2,1-6H3. The fourth-order valence-electron chi connectivity index (χ4n) is 4.19. The van der Waals surface area contributed by atoms with Gasteiger partial charge >= 0.3 is 0 Å². The Labute approximate surface area is 136 Å². The molecular weight excluding hydrogens is 252 g/mol. The summed E-state index contributed by atoms with van der Waals surface area (Å²) in [7, 11) is 0. The van der Waals surface area contributed by atoms with Crippen LogP contribution in [0.5, 0.6) is 0 Å². The van der Waals surface area contributed by atoms with Crippen LogP contribution in [0.3, 0.4) is 0 Å². The van der Waals surface area contributed by atoms with Crippen molar-refractivity contribution in [3.8, 4) is 0 Å². The van der Waals surface area contributed by atoms with Crippen LogP contribution in [0.1, 0.15) is 112 Å². The van der Waals surface area contributed by atoms with Gasteiger partial charge in [0, 0.05) is 0 Å². The lowest BCUT2D eigenvalue weighted by atomic mass is 9.70. The average molecular weight is 297 g/mol. The molecule has 0 N–H and O–H groups in total. The van der Waals surface area contributed by atoms with Crippen molar-refractivity contribution in [2.75, 3.05) is 0 Å². The van der Waals surface area contributed by atoms with Crippen molar-refractivity contribution in [1.82, 2.24) is 0 Å². The zero-order chi connectivity index (χ0) is 16.1. The van der Waals surface area contributed by atoms with Crippen LogP contribution in [0.2, 0.25) is 0 Å². The van der Waals surface area contributed by atoms with Gasteiger partial charge in [-0.1, -0.05) is 112 Å². The third kappa shape index (κ3) is 8.89. The number of rotatable bonds is 14. The van der Waals surface area contributed by atoms with Crippen molar-refractivity contribution < 1.29 is 0 Å². The van der Waals surface area contributed by atoms with Crippen LogP contribution in [-0.2, 0) is 0 Å². The van der Waals surface area contributed by atoms with Crippen molar-refractivity contribution in [3.05, 3.63) is 0 Å². The summed E-state index contributed by atoms with van der Waals surface area (Å²) in [6, 6.07) is 0. The van der Waals surface area contributed by atoms with Gasteiger partial charge in [-0.15, -0.1) is 0 Å². The fourth-order valence-corrected chi connectivity index (χ4v) is 4.19. The van der Waals surface area contributed by atoms with Crippen LogP contribution in [-0.4, -0.2) is 0 Å². The number of hydrogen-bond acceptors (Lipinski definition) is 0. The first-order valence-corrected chi connectivity index (χ1v) is 10.1. The van der Waals surface area contributed by atoms with E-state index in [-0.39, 0.29) is 0 Å². The second-order valence-corrected chi connectivity index (χ2v) is 7.48. The Balaban J connectivity index is 4.63. The van der Waals surface area contributed by atoms with E-state index in [2.05, 4.69) is 41.5 Å². The Bertz CT molecular complexity index is 208. The normalized spacial score (nSPS) is 17.4. The molecule has 4 unspecified atom stereocenters. The molecule has 0 amide bonds. The minimum atomic E-state index is 0.922. The van der Waals surface area contributed by atoms with E-state index >= 15 is 0 Å². The highest BCUT2D eigenvalue weighted by Gasteiger charge is 2.28. The van der Waals surface area contributed by atoms with Gasteiger partial charge in [0.15, 0.2) is 0 Å². The Kier molecular flexibility index (Phi) is 13.6. The molecule has 0 aliphatic rings. The Morgan fingerprint density at radius 1 is 0.571 bits per heavy atom. The van der Waals surface area contributed by atoms with Crippen LogP contribution in [0.25, 0.3) is 0 Å². The molecule has 0 saturated carbocycles. The van der Waals surface area contributed by atoms with Crippen LogP contribution in [0.4, 0.5) is 0 Å². The molecule has 0 rings (SSSR count). The first-order valence-electron chi connectivity index (χ1n) is 10.1. The highest BCUT2D eigenvalue weighted by atomic mass is 14.3. The summed E-state index contributed by atoms with van der Waals surface area (Å²) < 4.78 is 0. The maximum absolute atomic E-state index is 2.58. The molecule has 128 valence electrons. The molecule has 0 heterocycles. The fraction of sp³-hybridized carbons (Fsp3) is 1.00. The first kappa shape index (κ1) is 21.0. The quantitative estimate of drug-likeness (QED) is 0.286. The largest absolute Gasteiger partial charge is 0.0654 e. The molecule has 0 heteroatoms. The molecule has 0 aromatic heterocycles. The van der Waals surface area contributed by atoms with E-state index in [0.717, 1.165) is 23.7 Å². The van der Waals surface area contributed by atoms with Crippen molar-refractivity contribution in [2.24, 2.45) is 23.7 Å². The predicted octanol–water partition coefficient (Wildman–Crippen LogP) is 7.86. The second-order valence-electron chi connectivity index (χ2n) is 7.48. The Morgan fingerprint density at radius 2 is 1.19 bits per heavy atom. The summed E-state index contributed by atoms with van der Waals surface area (Å²) in [6.45, 7) is 14.5. The molecule has 0 saturated heterocycles. The van der Waals surface area contributed by atoms with Gasteiger partial charge in [-0.05, 0) is 23.7 Å². The molecule has 0 spiro atoms. The van der Waals surface area contributed by atoms with Crippen molar-refractivity contribution in [1.29, 1.82) is 0 Å². The van der Waals surface area contributed by atoms with E-state index in [0.29, 0.717) is 0 Å². The van der Waals surface area contributed by atoms with Crippen LogP contribution < -0.4 is 0 Å². The number of unbranched alkanes of at least 4 members (excludes halogenated alkanes) is 3. The second kappa shape index (κ2) is 13.6. The van der Waals surface area contributed by atoms with E-state index in [1.54, 1.807) is 0 Å². The van der Waals surface area contributed by atoms with E-state index < -0.39 is 0 Å². The van der Waals surface area contributed by atoms with Gasteiger partial charge in [-0.3, -0.25) is 0 Å². The van der Waals surface area contributed by atoms with Crippen molar-refractivity contribution >= 4 is 0 Å². The van der Waals surface area contributed by atoms with Crippen LogP contribution in [0, 0.1) is 23.7 Å². The Morgan fingerprint density at radius 3 is 1.71 bits per heavy atom. The zero-order valence-electron chi connectivity index (χ0n) is 16.1. The summed E-state index contributed by atoms with van der Waals surface area (Å²) >= 11 is 0. The summed E-state index contributed by atoms with van der Waals surface area (Å²) in [4.78, 5) is 0. The molecule has 0 radical (unpaired) electrons. The topological polar surface area (TPSA) is 0 Å². The zero-order valence-corrected chi connectivity index (χ0v) is 16.1. The predicted molar refractivity (Wildman–Crippen MR) is 98.8 cm³/mol. The van der Waals surface area contributed by atoms with Gasteiger partial charge in [0.05, 0.1) is 0 Å². The van der Waals surface area contributed by atoms with E-state index in [1.807, 2.05) is 0 Å². The van der Waals surface area contributed by atoms with Gasteiger partial charge in [-0.25, -0.2) is 0 Å². The van der Waals surface area contributed by atoms with Crippen molar-refractivity contribution in [2.45, 2.75) is 112 Å². The lowest BCUT2D eigenvalue weighted by molar-refractivity contribution is 0.148. The molecule has 4 atom stereocenters. The molecular formula is C21H44. The highest BCUT2D eigenvalue weighted by molar-refractivity contribution is 4.78. The van der Waals surface area contributed by atoms with Crippen LogP contribution in [0.15, 0.2) is 0 Å². The van der Waals surface area contributed by atoms with E-state index in [4.69, 9.17) is 0 Å². The van der Waals surface area contributed by atoms with Gasteiger partial charge < -0.3 is 0 Å². The molecule has 21 heavy (non-hydrogen) atoms. The summed E-state index contributed by atoms with van der Waals surface area (Å²) in [5.41, 5.74) is 0. The van der Waals surface area contributed by atoms with E-state index in [1.165, 1.54) is 70.6 Å². The highest BCUT2D eigenvalue weighted by Crippen LogP contribution is 2.37. The summed E-state index contributed by atoms with van der Waals surface area (Å²) in [5, 5.41) is 0. The summed E-state index contributed by atoms with van der Waals surface area (Å²) in [5.74, 6) is 3.78. The lowest BCUT2D eigenvalue weighted by Gasteiger charge is -2.35. The number of hydrogen-bond donors (Lipinski definition) is 0. The third-order valence-corrected chi connectivity index (χ3v) is 5.62. The summed E-state index contributed by atoms with van der Waals surface area (Å²) in [6.07, 6.45) is 15.6. The smallest absolute Gasteiger partial charge is 0.0360 e. The molecule has 0 aromatic rings. The maximum Gasteiger partial charge on any atom is -0.0360 e. The van der Waals surface area contributed by atoms with E-state index in [9.17, 15) is 0 Å². The minimum Gasteiger partial charge on any atom is -0.0654 e. The van der Waals surface area contributed by atoms with Crippen molar-refractivity contribution in [3.63, 3.8) is 0 Å².